The highest BCUT2D eigenvalue weighted by Crippen LogP contribution is 2.29. The van der Waals surface area contributed by atoms with E-state index in [9.17, 15) is 0 Å². The first-order valence-electron chi connectivity index (χ1n) is 15.2. The molecule has 37 heavy (non-hydrogen) atoms. The van der Waals surface area contributed by atoms with Crippen LogP contribution in [0.1, 0.15) is 81.8 Å². The first kappa shape index (κ1) is 28.0. The van der Waals surface area contributed by atoms with Gasteiger partial charge in [-0.05, 0) is 152 Å². The van der Waals surface area contributed by atoms with Gasteiger partial charge in [0.05, 0.1) is 13.2 Å². The van der Waals surface area contributed by atoms with Crippen molar-refractivity contribution < 1.29 is 9.47 Å². The summed E-state index contributed by atoms with van der Waals surface area (Å²) in [6, 6.07) is 16.7. The van der Waals surface area contributed by atoms with Crippen molar-refractivity contribution in [1.82, 2.24) is 9.80 Å². The first-order valence-corrected chi connectivity index (χ1v) is 15.2. The fourth-order valence-electron chi connectivity index (χ4n) is 5.83. The zero-order chi connectivity index (χ0) is 25.4. The molecular weight excluding hydrogens is 456 g/mol. The topological polar surface area (TPSA) is 24.9 Å². The van der Waals surface area contributed by atoms with E-state index in [1.807, 2.05) is 30.3 Å². The smallest absolute Gasteiger partial charge is 0.122 e. The number of aryl methyl sites for hydroxylation is 1. The van der Waals surface area contributed by atoms with Crippen molar-refractivity contribution in [1.29, 1.82) is 0 Å². The molecule has 2 saturated heterocycles. The van der Waals surface area contributed by atoms with E-state index in [1.54, 1.807) is 0 Å². The predicted octanol–water partition coefficient (Wildman–Crippen LogP) is 7.15. The maximum Gasteiger partial charge on any atom is 0.122 e. The highest BCUT2D eigenvalue weighted by atomic mass is 16.5. The summed E-state index contributed by atoms with van der Waals surface area (Å²) >= 11 is 0. The van der Waals surface area contributed by atoms with Gasteiger partial charge in [-0.1, -0.05) is 30.3 Å². The second kappa shape index (κ2) is 16.7. The molecule has 2 aromatic carbocycles. The van der Waals surface area contributed by atoms with E-state index in [0.29, 0.717) is 0 Å². The molecule has 1 aliphatic carbocycles. The average molecular weight is 507 g/mol. The summed E-state index contributed by atoms with van der Waals surface area (Å²) in [5.41, 5.74) is 3.01. The molecule has 0 aromatic heterocycles. The molecule has 0 N–H and O–H groups in total. The van der Waals surface area contributed by atoms with Crippen molar-refractivity contribution in [3.05, 3.63) is 59.7 Å². The Kier molecular flexibility index (Phi) is 12.7. The molecule has 2 fully saturated rings. The number of para-hydroxylation sites is 1. The fourth-order valence-corrected chi connectivity index (χ4v) is 5.83. The number of fused-ring (bicyclic) bond motifs is 1. The van der Waals surface area contributed by atoms with Crippen LogP contribution in [0.25, 0.3) is 0 Å². The molecule has 0 spiro atoms. The van der Waals surface area contributed by atoms with Gasteiger partial charge in [0.1, 0.15) is 11.5 Å². The van der Waals surface area contributed by atoms with Gasteiger partial charge in [-0.3, -0.25) is 0 Å². The number of benzene rings is 2. The number of hydrogen-bond donors (Lipinski definition) is 0. The van der Waals surface area contributed by atoms with Crippen LogP contribution in [0.15, 0.2) is 48.5 Å². The summed E-state index contributed by atoms with van der Waals surface area (Å²) in [5, 5.41) is 0. The molecule has 3 aliphatic rings. The number of nitrogens with zero attached hydrogens (tertiary/aromatic N) is 2. The number of unbranched alkanes of at least 4 members (excludes halogenated alkanes) is 3. The first-order chi connectivity index (χ1) is 18.4. The van der Waals surface area contributed by atoms with Crippen molar-refractivity contribution in [3.63, 3.8) is 0 Å². The quantitative estimate of drug-likeness (QED) is 0.269. The molecular formula is C33H50N2O2. The lowest BCUT2D eigenvalue weighted by Gasteiger charge is -2.19. The third-order valence-electron chi connectivity index (χ3n) is 8.01. The Morgan fingerprint density at radius 1 is 0.541 bits per heavy atom. The van der Waals surface area contributed by atoms with E-state index in [2.05, 4.69) is 28.0 Å². The molecule has 2 aliphatic heterocycles. The van der Waals surface area contributed by atoms with Gasteiger partial charge in [0.15, 0.2) is 0 Å². The van der Waals surface area contributed by atoms with E-state index in [1.165, 1.54) is 127 Å². The zero-order valence-corrected chi connectivity index (χ0v) is 23.2. The molecule has 0 saturated carbocycles. The SMILES string of the molecule is c1cc2c(c(OCCCCCN3CCCC3)c1)CCCC2.c1ccc(OCCCCN2CCCC2)cc1. The van der Waals surface area contributed by atoms with Gasteiger partial charge in [-0.2, -0.15) is 0 Å². The standard InChI is InChI=1S/C19H29NO.C14H21NO/c1(4-13-20-14-5-6-15-20)7-16-21-19-12-8-10-17-9-2-3-11-18(17)19;1-2-8-14(9-3-1)16-13-7-6-12-15-10-4-5-11-15/h8,10,12H,1-7,9,11,13-16H2;1-3,8-9H,4-7,10-13H2. The number of hydrogen-bond acceptors (Lipinski definition) is 4. The van der Waals surface area contributed by atoms with Crippen molar-refractivity contribution in [2.75, 3.05) is 52.5 Å². The Bertz CT molecular complexity index is 860. The van der Waals surface area contributed by atoms with Gasteiger partial charge < -0.3 is 19.3 Å². The highest BCUT2D eigenvalue weighted by Gasteiger charge is 2.14. The number of ether oxygens (including phenoxy) is 2. The average Bonchev–Trinajstić information content (AvgIpc) is 3.66. The summed E-state index contributed by atoms with van der Waals surface area (Å²) in [6.45, 7) is 9.53. The minimum Gasteiger partial charge on any atom is -0.494 e. The lowest BCUT2D eigenvalue weighted by molar-refractivity contribution is 0.280. The normalized spacial score (nSPS) is 17.7. The lowest BCUT2D eigenvalue weighted by Crippen LogP contribution is -2.20. The Labute approximate surface area is 226 Å². The van der Waals surface area contributed by atoms with Gasteiger partial charge >= 0.3 is 0 Å². The van der Waals surface area contributed by atoms with Crippen molar-refractivity contribution in [2.45, 2.75) is 83.5 Å². The number of likely N-dealkylation sites (tertiary alicyclic amines) is 2. The minimum atomic E-state index is 0.845. The van der Waals surface area contributed by atoms with Crippen molar-refractivity contribution >= 4 is 0 Å². The van der Waals surface area contributed by atoms with Crippen LogP contribution in [0.2, 0.25) is 0 Å². The van der Waals surface area contributed by atoms with Gasteiger partial charge in [0.2, 0.25) is 0 Å². The van der Waals surface area contributed by atoms with Crippen LogP contribution < -0.4 is 9.47 Å². The molecule has 204 valence electrons. The molecule has 0 atom stereocenters. The van der Waals surface area contributed by atoms with Crippen LogP contribution in [0, 0.1) is 0 Å². The fraction of sp³-hybridized carbons (Fsp3) is 0.636. The monoisotopic (exact) mass is 506 g/mol. The van der Waals surface area contributed by atoms with E-state index in [0.717, 1.165) is 31.1 Å². The van der Waals surface area contributed by atoms with Crippen LogP contribution in [0.4, 0.5) is 0 Å². The van der Waals surface area contributed by atoms with E-state index < -0.39 is 0 Å². The van der Waals surface area contributed by atoms with E-state index in [-0.39, 0.29) is 0 Å². The van der Waals surface area contributed by atoms with Gasteiger partial charge in [0.25, 0.3) is 0 Å². The molecule has 4 heteroatoms. The molecule has 5 rings (SSSR count). The van der Waals surface area contributed by atoms with Crippen LogP contribution >= 0.6 is 0 Å². The molecule has 0 radical (unpaired) electrons. The number of rotatable bonds is 13. The molecule has 2 aromatic rings. The van der Waals surface area contributed by atoms with Crippen LogP contribution in [0.5, 0.6) is 11.5 Å². The maximum absolute atomic E-state index is 6.06. The molecule has 0 amide bonds. The van der Waals surface area contributed by atoms with E-state index in [4.69, 9.17) is 9.47 Å². The Balaban J connectivity index is 0.000000180. The van der Waals surface area contributed by atoms with Crippen LogP contribution in [-0.4, -0.2) is 62.3 Å². The zero-order valence-electron chi connectivity index (χ0n) is 23.2. The predicted molar refractivity (Wildman–Crippen MR) is 155 cm³/mol. The van der Waals surface area contributed by atoms with Gasteiger partial charge in [0, 0.05) is 0 Å². The summed E-state index contributed by atoms with van der Waals surface area (Å²) < 4.78 is 11.7. The molecule has 0 unspecified atom stereocenters. The van der Waals surface area contributed by atoms with Gasteiger partial charge in [-0.15, -0.1) is 0 Å². The van der Waals surface area contributed by atoms with Crippen LogP contribution in [-0.2, 0) is 12.8 Å². The molecule has 2 heterocycles. The van der Waals surface area contributed by atoms with Crippen LogP contribution in [0.3, 0.4) is 0 Å². The third-order valence-corrected chi connectivity index (χ3v) is 8.01. The summed E-state index contributed by atoms with van der Waals surface area (Å²) in [5.74, 6) is 2.15. The Hall–Kier alpha value is -2.04. The molecule has 0 bridgehead atoms. The van der Waals surface area contributed by atoms with Gasteiger partial charge in [-0.25, -0.2) is 0 Å². The summed E-state index contributed by atoms with van der Waals surface area (Å²) in [4.78, 5) is 5.16. The minimum absolute atomic E-state index is 0.845. The largest absolute Gasteiger partial charge is 0.494 e. The summed E-state index contributed by atoms with van der Waals surface area (Å²) in [7, 11) is 0. The van der Waals surface area contributed by atoms with Crippen molar-refractivity contribution in [3.8, 4) is 11.5 Å². The lowest BCUT2D eigenvalue weighted by atomic mass is 9.91. The second-order valence-electron chi connectivity index (χ2n) is 11.0. The Morgan fingerprint density at radius 3 is 1.89 bits per heavy atom. The van der Waals surface area contributed by atoms with E-state index >= 15 is 0 Å². The highest BCUT2D eigenvalue weighted by molar-refractivity contribution is 5.41. The second-order valence-corrected chi connectivity index (χ2v) is 11.0. The third kappa shape index (κ3) is 10.3. The van der Waals surface area contributed by atoms with Crippen molar-refractivity contribution in [2.24, 2.45) is 0 Å². The summed E-state index contributed by atoms with van der Waals surface area (Å²) in [6.07, 6.45) is 16.9. The molecule has 4 nitrogen and oxygen atoms in total. The maximum atomic E-state index is 6.06. The Morgan fingerprint density at radius 2 is 1.16 bits per heavy atom.